The second-order valence-electron chi connectivity index (χ2n) is 2.93. The van der Waals surface area contributed by atoms with E-state index in [1.54, 1.807) is 23.9 Å². The monoisotopic (exact) mass is 228 g/mol. The zero-order valence-corrected chi connectivity index (χ0v) is 9.22. The van der Waals surface area contributed by atoms with Gasteiger partial charge in [0, 0.05) is 11.3 Å². The van der Waals surface area contributed by atoms with E-state index < -0.39 is 0 Å². The molecule has 0 spiro atoms. The lowest BCUT2D eigenvalue weighted by atomic mass is 10.1. The maximum absolute atomic E-state index is 13.5. The summed E-state index contributed by atoms with van der Waals surface area (Å²) in [6.45, 7) is 2.02. The summed E-state index contributed by atoms with van der Waals surface area (Å²) in [5, 5.41) is 11.2. The van der Waals surface area contributed by atoms with Crippen LogP contribution in [0.1, 0.15) is 18.1 Å². The zero-order chi connectivity index (χ0) is 11.3. The van der Waals surface area contributed by atoms with Gasteiger partial charge in [-0.25, -0.2) is 4.39 Å². The summed E-state index contributed by atoms with van der Waals surface area (Å²) in [5.41, 5.74) is 6.37. The van der Waals surface area contributed by atoms with Crippen LogP contribution in [-0.4, -0.2) is 16.8 Å². The Morgan fingerprint density at radius 3 is 2.87 bits per heavy atom. The Bertz CT molecular complexity index is 368. The van der Waals surface area contributed by atoms with Crippen LogP contribution in [0.15, 0.2) is 23.4 Å². The van der Waals surface area contributed by atoms with Crippen LogP contribution >= 0.6 is 11.8 Å². The topological polar surface area (TPSA) is 58.6 Å². The van der Waals surface area contributed by atoms with E-state index in [9.17, 15) is 4.39 Å². The Morgan fingerprint density at radius 2 is 2.33 bits per heavy atom. The van der Waals surface area contributed by atoms with E-state index >= 15 is 0 Å². The molecule has 0 bridgehead atoms. The molecular formula is C10H13FN2OS. The van der Waals surface area contributed by atoms with Crippen LogP contribution in [0.5, 0.6) is 0 Å². The first-order valence-electron chi connectivity index (χ1n) is 4.53. The molecule has 0 aliphatic rings. The van der Waals surface area contributed by atoms with Crippen molar-refractivity contribution in [2.75, 3.05) is 5.75 Å². The second-order valence-corrected chi connectivity index (χ2v) is 4.20. The molecule has 15 heavy (non-hydrogen) atoms. The molecule has 3 nitrogen and oxygen atoms in total. The molecule has 0 unspecified atom stereocenters. The Morgan fingerprint density at radius 1 is 1.60 bits per heavy atom. The number of amidine groups is 1. The maximum atomic E-state index is 13.5. The maximum Gasteiger partial charge on any atom is 0.170 e. The summed E-state index contributed by atoms with van der Waals surface area (Å²) in [4.78, 5) is 0. The molecule has 0 aliphatic heterocycles. The molecule has 0 saturated heterocycles. The van der Waals surface area contributed by atoms with Gasteiger partial charge in [0.25, 0.3) is 0 Å². The van der Waals surface area contributed by atoms with Crippen LogP contribution in [0.3, 0.4) is 0 Å². The third kappa shape index (κ3) is 3.13. The molecule has 0 amide bonds. The molecule has 1 aromatic carbocycles. The van der Waals surface area contributed by atoms with Crippen molar-refractivity contribution in [1.82, 2.24) is 0 Å². The molecule has 0 fully saturated rings. The van der Waals surface area contributed by atoms with Crippen molar-refractivity contribution in [3.05, 3.63) is 35.1 Å². The number of nitrogens with two attached hydrogens (primary N) is 1. The Labute approximate surface area is 92.2 Å². The minimum Gasteiger partial charge on any atom is -0.409 e. The fraction of sp³-hybridized carbons (Fsp3) is 0.300. The van der Waals surface area contributed by atoms with Crippen molar-refractivity contribution in [3.63, 3.8) is 0 Å². The Balaban J connectivity index is 2.88. The summed E-state index contributed by atoms with van der Waals surface area (Å²) in [6, 6.07) is 4.58. The number of rotatable bonds is 4. The van der Waals surface area contributed by atoms with E-state index in [1.807, 2.05) is 6.92 Å². The summed E-state index contributed by atoms with van der Waals surface area (Å²) < 4.78 is 13.5. The highest BCUT2D eigenvalue weighted by molar-refractivity contribution is 7.98. The minimum absolute atomic E-state index is 0.0800. The summed E-state index contributed by atoms with van der Waals surface area (Å²) in [6.07, 6.45) is 0. The summed E-state index contributed by atoms with van der Waals surface area (Å²) in [5.74, 6) is 1.18. The van der Waals surface area contributed by atoms with Gasteiger partial charge in [0.15, 0.2) is 5.84 Å². The van der Waals surface area contributed by atoms with Gasteiger partial charge in [-0.3, -0.25) is 0 Å². The molecule has 5 heteroatoms. The number of thioether (sulfide) groups is 1. The van der Waals surface area contributed by atoms with Gasteiger partial charge in [-0.1, -0.05) is 24.2 Å². The standard InChI is InChI=1S/C10H13FN2OS/c1-2-15-6-8-4-3-7(5-9(8)11)10(12)13-14/h3-5,14H,2,6H2,1H3,(H2,12,13). The van der Waals surface area contributed by atoms with Gasteiger partial charge in [0.2, 0.25) is 0 Å². The molecule has 82 valence electrons. The highest BCUT2D eigenvalue weighted by Gasteiger charge is 2.05. The van der Waals surface area contributed by atoms with Gasteiger partial charge in [0.1, 0.15) is 5.82 Å². The lowest BCUT2D eigenvalue weighted by Gasteiger charge is -2.04. The van der Waals surface area contributed by atoms with Crippen LogP contribution < -0.4 is 5.73 Å². The largest absolute Gasteiger partial charge is 0.409 e. The average Bonchev–Trinajstić information content (AvgIpc) is 2.26. The zero-order valence-electron chi connectivity index (χ0n) is 8.40. The van der Waals surface area contributed by atoms with Gasteiger partial charge >= 0.3 is 0 Å². The van der Waals surface area contributed by atoms with Crippen molar-refractivity contribution in [3.8, 4) is 0 Å². The Hall–Kier alpha value is -1.23. The number of oxime groups is 1. The van der Waals surface area contributed by atoms with Gasteiger partial charge < -0.3 is 10.9 Å². The average molecular weight is 228 g/mol. The first-order valence-corrected chi connectivity index (χ1v) is 5.68. The normalized spacial score (nSPS) is 11.7. The molecule has 1 aromatic rings. The number of hydrogen-bond donors (Lipinski definition) is 2. The highest BCUT2D eigenvalue weighted by atomic mass is 32.2. The third-order valence-corrected chi connectivity index (χ3v) is 2.84. The van der Waals surface area contributed by atoms with E-state index in [2.05, 4.69) is 5.16 Å². The van der Waals surface area contributed by atoms with E-state index in [-0.39, 0.29) is 11.7 Å². The number of hydrogen-bond acceptors (Lipinski definition) is 3. The lowest BCUT2D eigenvalue weighted by molar-refractivity contribution is 0.318. The summed E-state index contributed by atoms with van der Waals surface area (Å²) >= 11 is 1.64. The van der Waals surface area contributed by atoms with Crippen molar-refractivity contribution in [2.24, 2.45) is 10.9 Å². The van der Waals surface area contributed by atoms with Crippen molar-refractivity contribution < 1.29 is 9.60 Å². The Kier molecular flexibility index (Phi) is 4.42. The van der Waals surface area contributed by atoms with Gasteiger partial charge in [0.05, 0.1) is 0 Å². The number of benzene rings is 1. The summed E-state index contributed by atoms with van der Waals surface area (Å²) in [7, 11) is 0. The molecule has 0 heterocycles. The minimum atomic E-state index is -0.319. The lowest BCUT2D eigenvalue weighted by Crippen LogP contribution is -2.13. The first-order chi connectivity index (χ1) is 7.19. The molecule has 0 aromatic heterocycles. The molecule has 0 saturated carbocycles. The smallest absolute Gasteiger partial charge is 0.170 e. The van der Waals surface area contributed by atoms with Crippen LogP contribution in [0.25, 0.3) is 0 Å². The number of halogens is 1. The molecular weight excluding hydrogens is 215 g/mol. The number of nitrogens with zero attached hydrogens (tertiary/aromatic N) is 1. The van der Waals surface area contributed by atoms with E-state index in [4.69, 9.17) is 10.9 Å². The van der Waals surface area contributed by atoms with Crippen molar-refractivity contribution >= 4 is 17.6 Å². The van der Waals surface area contributed by atoms with Crippen molar-refractivity contribution in [2.45, 2.75) is 12.7 Å². The SMILES string of the molecule is CCSCc1ccc(/C(N)=N/O)cc1F. The molecule has 1 rings (SSSR count). The van der Waals surface area contributed by atoms with Crippen LogP contribution in [0.4, 0.5) is 4.39 Å². The molecule has 0 radical (unpaired) electrons. The molecule has 0 aliphatic carbocycles. The van der Waals surface area contributed by atoms with E-state index in [1.165, 1.54) is 6.07 Å². The van der Waals surface area contributed by atoms with Crippen LogP contribution in [0.2, 0.25) is 0 Å². The van der Waals surface area contributed by atoms with Gasteiger partial charge in [-0.15, -0.1) is 0 Å². The fourth-order valence-corrected chi connectivity index (χ4v) is 1.75. The van der Waals surface area contributed by atoms with Crippen LogP contribution in [0, 0.1) is 5.82 Å². The predicted molar refractivity (Wildman–Crippen MR) is 60.7 cm³/mol. The van der Waals surface area contributed by atoms with Gasteiger partial charge in [-0.2, -0.15) is 11.8 Å². The molecule has 0 atom stereocenters. The van der Waals surface area contributed by atoms with E-state index in [0.717, 1.165) is 5.75 Å². The fourth-order valence-electron chi connectivity index (χ4n) is 1.09. The molecule has 3 N–H and O–H groups in total. The van der Waals surface area contributed by atoms with Gasteiger partial charge in [-0.05, 0) is 17.4 Å². The highest BCUT2D eigenvalue weighted by Crippen LogP contribution is 2.16. The van der Waals surface area contributed by atoms with E-state index in [0.29, 0.717) is 16.9 Å². The quantitative estimate of drug-likeness (QED) is 0.359. The predicted octanol–water partition coefficient (Wildman–Crippen LogP) is 2.17. The second kappa shape index (κ2) is 5.60. The van der Waals surface area contributed by atoms with Crippen LogP contribution in [-0.2, 0) is 5.75 Å². The first kappa shape index (κ1) is 11.8. The van der Waals surface area contributed by atoms with Crippen molar-refractivity contribution in [1.29, 1.82) is 0 Å². The third-order valence-electron chi connectivity index (χ3n) is 1.92.